The van der Waals surface area contributed by atoms with Gasteiger partial charge in [-0.25, -0.2) is 4.57 Å². The molecule has 1 fully saturated rings. The lowest BCUT2D eigenvalue weighted by atomic mass is 9.85. The van der Waals surface area contributed by atoms with Gasteiger partial charge in [0.25, 0.3) is 0 Å². The van der Waals surface area contributed by atoms with Crippen LogP contribution in [0.1, 0.15) is 181 Å². The van der Waals surface area contributed by atoms with E-state index in [1.54, 1.807) is 0 Å². The molecular weight excluding hydrogens is 731 g/mol. The Hall–Kier alpha value is -1.41. The van der Waals surface area contributed by atoms with Crippen LogP contribution in [0.4, 0.5) is 0 Å². The van der Waals surface area contributed by atoms with Crippen LogP contribution >= 0.6 is 7.82 Å². The number of carbonyl (C=O) groups excluding carboxylic acids is 2. The molecule has 14 heteroatoms. The molecule has 0 aromatic carbocycles. The van der Waals surface area contributed by atoms with Crippen molar-refractivity contribution in [3.8, 4) is 0 Å². The monoisotopic (exact) mass is 809 g/mol. The summed E-state index contributed by atoms with van der Waals surface area (Å²) in [5.41, 5.74) is 0. The van der Waals surface area contributed by atoms with Crippen LogP contribution < -0.4 is 0 Å². The van der Waals surface area contributed by atoms with Gasteiger partial charge in [0, 0.05) is 12.8 Å². The molecule has 0 amide bonds. The maximum atomic E-state index is 12.8. The zero-order chi connectivity index (χ0) is 40.7. The first-order valence-electron chi connectivity index (χ1n) is 21.5. The van der Waals surface area contributed by atoms with Gasteiger partial charge < -0.3 is 39.9 Å². The van der Waals surface area contributed by atoms with Crippen LogP contribution in [0.15, 0.2) is 12.2 Å². The lowest BCUT2D eigenvalue weighted by Crippen LogP contribution is -2.64. The van der Waals surface area contributed by atoms with Crippen molar-refractivity contribution in [2.75, 3.05) is 13.2 Å². The molecule has 0 saturated heterocycles. The van der Waals surface area contributed by atoms with Crippen LogP contribution in [0, 0.1) is 0 Å². The molecule has 6 N–H and O–H groups in total. The molecule has 55 heavy (non-hydrogen) atoms. The predicted molar refractivity (Wildman–Crippen MR) is 212 cm³/mol. The average molecular weight is 809 g/mol. The lowest BCUT2D eigenvalue weighted by molar-refractivity contribution is -0.220. The van der Waals surface area contributed by atoms with E-state index in [1.165, 1.54) is 96.3 Å². The molecule has 0 aliphatic heterocycles. The second-order valence-electron chi connectivity index (χ2n) is 15.2. The van der Waals surface area contributed by atoms with Crippen LogP contribution in [0.25, 0.3) is 0 Å². The summed E-state index contributed by atoms with van der Waals surface area (Å²) in [5, 5.41) is 50.0. The maximum Gasteiger partial charge on any atom is 0.472 e. The Morgan fingerprint density at radius 3 is 1.42 bits per heavy atom. The molecule has 1 aliphatic carbocycles. The van der Waals surface area contributed by atoms with Crippen molar-refractivity contribution in [2.24, 2.45) is 0 Å². The van der Waals surface area contributed by atoms with Gasteiger partial charge in [0.1, 0.15) is 43.2 Å². The van der Waals surface area contributed by atoms with Crippen molar-refractivity contribution in [3.05, 3.63) is 12.2 Å². The zero-order valence-corrected chi connectivity index (χ0v) is 34.9. The number of allylic oxidation sites excluding steroid dienone is 2. The average Bonchev–Trinajstić information content (AvgIpc) is 3.16. The minimum Gasteiger partial charge on any atom is -0.462 e. The lowest BCUT2D eigenvalue weighted by Gasteiger charge is -2.41. The first-order valence-corrected chi connectivity index (χ1v) is 23.0. The molecule has 13 nitrogen and oxygen atoms in total. The van der Waals surface area contributed by atoms with Crippen molar-refractivity contribution in [3.63, 3.8) is 0 Å². The van der Waals surface area contributed by atoms with Crippen molar-refractivity contribution < 1.29 is 63.1 Å². The van der Waals surface area contributed by atoms with Crippen molar-refractivity contribution in [1.82, 2.24) is 0 Å². The predicted octanol–water partition coefficient (Wildman–Crippen LogP) is 7.50. The van der Waals surface area contributed by atoms with E-state index in [4.69, 9.17) is 18.5 Å². The van der Waals surface area contributed by atoms with E-state index < -0.39 is 75.7 Å². The first-order chi connectivity index (χ1) is 26.4. The third-order valence-corrected chi connectivity index (χ3v) is 11.1. The fourth-order valence-corrected chi connectivity index (χ4v) is 7.55. The zero-order valence-electron chi connectivity index (χ0n) is 34.0. The van der Waals surface area contributed by atoms with Crippen molar-refractivity contribution in [2.45, 2.75) is 224 Å². The highest BCUT2D eigenvalue weighted by atomic mass is 31.2. The number of aliphatic hydroxyl groups excluding tert-OH is 5. The van der Waals surface area contributed by atoms with Gasteiger partial charge in [-0.3, -0.25) is 18.6 Å². The number of esters is 2. The molecule has 0 radical (unpaired) electrons. The molecule has 1 rings (SSSR count). The Morgan fingerprint density at radius 2 is 0.927 bits per heavy atom. The van der Waals surface area contributed by atoms with Crippen molar-refractivity contribution >= 4 is 19.8 Å². The number of unbranched alkanes of at least 4 members (excludes halogenated alkanes) is 21. The number of ether oxygens (including phenoxy) is 2. The summed E-state index contributed by atoms with van der Waals surface area (Å²) in [5.74, 6) is -1.12. The number of phosphoric acid groups is 1. The SMILES string of the molecule is CCCCCCCCCCC/C=C/CCCCC(=O)OC[C@H](COP(=O)(O)OC1C(O)C(O)C(O)[C@@H](O)C1O)OC(=O)CCCCCCCCCCCCC. The molecule has 1 saturated carbocycles. The number of carbonyl (C=O) groups is 2. The first kappa shape index (κ1) is 51.6. The second kappa shape index (κ2) is 32.5. The topological polar surface area (TPSA) is 210 Å². The highest BCUT2D eigenvalue weighted by molar-refractivity contribution is 7.47. The normalized spacial score (nSPS) is 23.1. The van der Waals surface area contributed by atoms with Gasteiger partial charge in [-0.2, -0.15) is 0 Å². The number of hydrogen-bond donors (Lipinski definition) is 6. The van der Waals surface area contributed by atoms with Crippen LogP contribution in [0.2, 0.25) is 0 Å². The molecule has 0 spiro atoms. The van der Waals surface area contributed by atoms with Gasteiger partial charge in [0.15, 0.2) is 6.10 Å². The Labute approximate surface area is 331 Å². The number of hydrogen-bond acceptors (Lipinski definition) is 12. The summed E-state index contributed by atoms with van der Waals surface area (Å²) < 4.78 is 33.4. The molecule has 6 unspecified atom stereocenters. The summed E-state index contributed by atoms with van der Waals surface area (Å²) >= 11 is 0. The van der Waals surface area contributed by atoms with Gasteiger partial charge in [0.2, 0.25) is 0 Å². The van der Waals surface area contributed by atoms with Crippen molar-refractivity contribution in [1.29, 1.82) is 0 Å². The van der Waals surface area contributed by atoms with E-state index in [2.05, 4.69) is 26.0 Å². The third-order valence-electron chi connectivity index (χ3n) is 10.1. The van der Waals surface area contributed by atoms with Crippen LogP contribution in [-0.2, 0) is 32.7 Å². The molecule has 1 aliphatic rings. The molecule has 0 heterocycles. The molecule has 0 bridgehead atoms. The summed E-state index contributed by atoms with van der Waals surface area (Å²) in [6.07, 6.45) is 18.6. The molecule has 324 valence electrons. The Morgan fingerprint density at radius 1 is 0.545 bits per heavy atom. The molecular formula is C41H77O13P. The number of aliphatic hydroxyl groups is 5. The quantitative estimate of drug-likeness (QED) is 0.0159. The summed E-state index contributed by atoms with van der Waals surface area (Å²) in [7, 11) is -5.11. The summed E-state index contributed by atoms with van der Waals surface area (Å²) in [6, 6.07) is 0. The van der Waals surface area contributed by atoms with E-state index >= 15 is 0 Å². The maximum absolute atomic E-state index is 12.8. The van der Waals surface area contributed by atoms with Crippen LogP contribution in [0.5, 0.6) is 0 Å². The second-order valence-corrected chi connectivity index (χ2v) is 16.6. The Balaban J connectivity index is 2.50. The van der Waals surface area contributed by atoms with E-state index in [9.17, 15) is 44.6 Å². The Kier molecular flexibility index (Phi) is 30.5. The van der Waals surface area contributed by atoms with Crippen LogP contribution in [-0.4, -0.2) is 98.3 Å². The fraction of sp³-hybridized carbons (Fsp3) is 0.902. The minimum absolute atomic E-state index is 0.0972. The van der Waals surface area contributed by atoms with Gasteiger partial charge in [-0.05, 0) is 38.5 Å². The van der Waals surface area contributed by atoms with E-state index in [0.29, 0.717) is 12.8 Å². The van der Waals surface area contributed by atoms with Gasteiger partial charge in [-0.1, -0.05) is 142 Å². The van der Waals surface area contributed by atoms with Gasteiger partial charge in [0.05, 0.1) is 6.61 Å². The number of rotatable bonds is 35. The smallest absolute Gasteiger partial charge is 0.462 e. The highest BCUT2D eigenvalue weighted by Crippen LogP contribution is 2.47. The Bertz CT molecular complexity index is 1030. The molecule has 8 atom stereocenters. The fourth-order valence-electron chi connectivity index (χ4n) is 6.58. The standard InChI is InChI=1S/C41H77O13P/c1-3-5-7-9-11-13-15-16-17-18-20-21-23-25-27-29-34(42)51-31-33(53-35(43)30-28-26-24-22-19-14-12-10-8-6-4-2)32-52-55(49,50)54-41-39(47)37(45)36(44)38(46)40(41)48/h20-21,33,36-41,44-48H,3-19,22-32H2,1-2H3,(H,49,50)/b21-20+/t33-,36?,37-,38?,39?,40?,41?/m1/s1. The highest BCUT2D eigenvalue weighted by Gasteiger charge is 2.51. The number of phosphoric ester groups is 1. The summed E-state index contributed by atoms with van der Waals surface area (Å²) in [4.78, 5) is 35.5. The van der Waals surface area contributed by atoms with Gasteiger partial charge in [-0.15, -0.1) is 0 Å². The largest absolute Gasteiger partial charge is 0.472 e. The molecule has 0 aromatic heterocycles. The van der Waals surface area contributed by atoms with E-state index in [0.717, 1.165) is 44.9 Å². The summed E-state index contributed by atoms with van der Waals surface area (Å²) in [6.45, 7) is 3.26. The van der Waals surface area contributed by atoms with E-state index in [-0.39, 0.29) is 12.8 Å². The minimum atomic E-state index is -5.11. The van der Waals surface area contributed by atoms with E-state index in [1.807, 2.05) is 0 Å². The third kappa shape index (κ3) is 25.5. The van der Waals surface area contributed by atoms with Crippen LogP contribution in [0.3, 0.4) is 0 Å². The molecule has 0 aromatic rings. The van der Waals surface area contributed by atoms with Gasteiger partial charge >= 0.3 is 19.8 Å².